The Kier molecular flexibility index (Phi) is 5.65. The maximum Gasteiger partial charge on any atom is 0.224 e. The molecule has 1 aromatic rings. The molecule has 1 rings (SSSR count). The van der Waals surface area contributed by atoms with Crippen LogP contribution in [0.2, 0.25) is 0 Å². The number of nitrogens with one attached hydrogen (secondary N) is 1. The topological polar surface area (TPSA) is 29.1 Å². The van der Waals surface area contributed by atoms with Gasteiger partial charge in [-0.1, -0.05) is 50.4 Å². The van der Waals surface area contributed by atoms with Crippen LogP contribution in [0.4, 0.5) is 5.69 Å². The van der Waals surface area contributed by atoms with Crippen molar-refractivity contribution in [2.45, 2.75) is 19.8 Å². The first-order chi connectivity index (χ1) is 8.69. The summed E-state index contributed by atoms with van der Waals surface area (Å²) in [5.41, 5.74) is 3.13. The summed E-state index contributed by atoms with van der Waals surface area (Å²) in [5, 5.41) is 2.82. The molecule has 1 amide bonds. The molecule has 1 aromatic carbocycles. The van der Waals surface area contributed by atoms with E-state index in [0.717, 1.165) is 17.7 Å². The third-order valence-corrected chi connectivity index (χ3v) is 2.56. The van der Waals surface area contributed by atoms with Crippen LogP contribution in [0.5, 0.6) is 0 Å². The van der Waals surface area contributed by atoms with Gasteiger partial charge >= 0.3 is 0 Å². The second-order valence-corrected chi connectivity index (χ2v) is 3.96. The minimum Gasteiger partial charge on any atom is -0.326 e. The Morgan fingerprint density at radius 2 is 2.00 bits per heavy atom. The van der Waals surface area contributed by atoms with Crippen LogP contribution in [0, 0.1) is 0 Å². The standard InChI is InChI=1S/C16H19NO.H2/c1-4-7-13(5-2)12-14-8-10-15(11-9-14)17-16(18)6-3;/h4-5,7-11H,1-2,6,12H2,3H3,(H,17,18);1H/b13-7+;. The molecule has 0 unspecified atom stereocenters. The first kappa shape index (κ1) is 14.0. The monoisotopic (exact) mass is 243 g/mol. The van der Waals surface area contributed by atoms with E-state index < -0.39 is 0 Å². The molecule has 0 saturated heterocycles. The summed E-state index contributed by atoms with van der Waals surface area (Å²) in [7, 11) is 0. The van der Waals surface area contributed by atoms with Crippen LogP contribution in [0.1, 0.15) is 20.3 Å². The Balaban J connectivity index is 0.00000324. The Hall–Kier alpha value is -2.09. The summed E-state index contributed by atoms with van der Waals surface area (Å²) in [5.74, 6) is 0.0288. The van der Waals surface area contributed by atoms with Crippen molar-refractivity contribution in [3.63, 3.8) is 0 Å². The zero-order chi connectivity index (χ0) is 13.4. The van der Waals surface area contributed by atoms with Crippen LogP contribution in [0.25, 0.3) is 0 Å². The van der Waals surface area contributed by atoms with E-state index in [2.05, 4.69) is 18.5 Å². The highest BCUT2D eigenvalue weighted by molar-refractivity contribution is 5.90. The Bertz CT molecular complexity index is 460. The molecule has 0 heterocycles. The zero-order valence-electron chi connectivity index (χ0n) is 10.8. The number of hydrogen-bond acceptors (Lipinski definition) is 1. The van der Waals surface area contributed by atoms with Crippen LogP contribution in [0.15, 0.2) is 61.2 Å². The smallest absolute Gasteiger partial charge is 0.224 e. The van der Waals surface area contributed by atoms with Crippen LogP contribution in [-0.4, -0.2) is 5.91 Å². The van der Waals surface area contributed by atoms with Crippen molar-refractivity contribution in [1.82, 2.24) is 0 Å². The lowest BCUT2D eigenvalue weighted by atomic mass is 10.0. The van der Waals surface area contributed by atoms with Gasteiger partial charge in [-0.2, -0.15) is 0 Å². The summed E-state index contributed by atoms with van der Waals surface area (Å²) >= 11 is 0. The lowest BCUT2D eigenvalue weighted by molar-refractivity contribution is -0.115. The second kappa shape index (κ2) is 7.28. The zero-order valence-corrected chi connectivity index (χ0v) is 10.8. The number of carbonyl (C=O) groups is 1. The molecule has 0 radical (unpaired) electrons. The summed E-state index contributed by atoms with van der Waals surface area (Å²) in [6, 6.07) is 7.84. The van der Waals surface area contributed by atoms with Crippen molar-refractivity contribution in [3.8, 4) is 0 Å². The fourth-order valence-corrected chi connectivity index (χ4v) is 1.54. The van der Waals surface area contributed by atoms with Gasteiger partial charge in [-0.3, -0.25) is 4.79 Å². The maximum atomic E-state index is 11.2. The SMILES string of the molecule is C=C/C=C(\C=C)Cc1ccc(NC(=O)CC)cc1.[HH]. The highest BCUT2D eigenvalue weighted by Gasteiger charge is 2.00. The van der Waals surface area contributed by atoms with Gasteiger partial charge in [-0.15, -0.1) is 0 Å². The molecule has 2 nitrogen and oxygen atoms in total. The summed E-state index contributed by atoms with van der Waals surface area (Å²) in [6.07, 6.45) is 6.84. The second-order valence-electron chi connectivity index (χ2n) is 3.96. The molecule has 0 spiro atoms. The van der Waals surface area contributed by atoms with Gasteiger partial charge in [0.1, 0.15) is 0 Å². The quantitative estimate of drug-likeness (QED) is 0.748. The normalized spacial score (nSPS) is 10.8. The average molecular weight is 243 g/mol. The molecule has 18 heavy (non-hydrogen) atoms. The number of rotatable bonds is 6. The number of anilines is 1. The lowest BCUT2D eigenvalue weighted by Crippen LogP contribution is -2.09. The molecule has 96 valence electrons. The minimum absolute atomic E-state index is 0. The molecule has 0 bridgehead atoms. The predicted octanol–water partition coefficient (Wildman–Crippen LogP) is 4.12. The van der Waals surface area contributed by atoms with Crippen molar-refractivity contribution in [2.24, 2.45) is 0 Å². The third kappa shape index (κ3) is 4.42. The molecule has 0 aliphatic heterocycles. The van der Waals surface area contributed by atoms with E-state index >= 15 is 0 Å². The van der Waals surface area contributed by atoms with E-state index in [4.69, 9.17) is 0 Å². The summed E-state index contributed by atoms with van der Waals surface area (Å²) in [4.78, 5) is 11.2. The largest absolute Gasteiger partial charge is 0.326 e. The van der Waals surface area contributed by atoms with Crippen LogP contribution < -0.4 is 5.32 Å². The molecule has 0 atom stereocenters. The van der Waals surface area contributed by atoms with Gasteiger partial charge in [0, 0.05) is 13.5 Å². The molecule has 0 aromatic heterocycles. The minimum atomic E-state index is 0. The van der Waals surface area contributed by atoms with Gasteiger partial charge in [-0.05, 0) is 29.7 Å². The van der Waals surface area contributed by atoms with Gasteiger partial charge in [0.25, 0.3) is 0 Å². The molecule has 0 saturated carbocycles. The van der Waals surface area contributed by atoms with Crippen LogP contribution in [0.3, 0.4) is 0 Å². The molecule has 2 heteroatoms. The Morgan fingerprint density at radius 3 is 2.50 bits per heavy atom. The van der Waals surface area contributed by atoms with E-state index in [0.29, 0.717) is 6.42 Å². The van der Waals surface area contributed by atoms with Gasteiger partial charge in [0.05, 0.1) is 0 Å². The van der Waals surface area contributed by atoms with Gasteiger partial charge in [0.15, 0.2) is 0 Å². The van der Waals surface area contributed by atoms with Crippen LogP contribution in [-0.2, 0) is 11.2 Å². The summed E-state index contributed by atoms with van der Waals surface area (Å²) in [6.45, 7) is 9.28. The van der Waals surface area contributed by atoms with E-state index in [1.807, 2.05) is 43.3 Å². The number of amides is 1. The number of hydrogen-bond donors (Lipinski definition) is 1. The highest BCUT2D eigenvalue weighted by Crippen LogP contribution is 2.14. The van der Waals surface area contributed by atoms with Crippen molar-refractivity contribution >= 4 is 11.6 Å². The van der Waals surface area contributed by atoms with Gasteiger partial charge < -0.3 is 5.32 Å². The van der Waals surface area contributed by atoms with E-state index in [9.17, 15) is 4.79 Å². The third-order valence-electron chi connectivity index (χ3n) is 2.56. The fourth-order valence-electron chi connectivity index (χ4n) is 1.54. The lowest BCUT2D eigenvalue weighted by Gasteiger charge is -2.06. The first-order valence-electron chi connectivity index (χ1n) is 6.02. The van der Waals surface area contributed by atoms with Crippen molar-refractivity contribution in [1.29, 1.82) is 0 Å². The fraction of sp³-hybridized carbons (Fsp3) is 0.188. The summed E-state index contributed by atoms with van der Waals surface area (Å²) < 4.78 is 0. The molecule has 0 aliphatic carbocycles. The molecular weight excluding hydrogens is 222 g/mol. The molecule has 0 fully saturated rings. The van der Waals surface area contributed by atoms with Gasteiger partial charge in [-0.25, -0.2) is 0 Å². The number of allylic oxidation sites excluding steroid dienone is 4. The van der Waals surface area contributed by atoms with Crippen molar-refractivity contribution in [3.05, 3.63) is 66.8 Å². The van der Waals surface area contributed by atoms with Gasteiger partial charge in [0.2, 0.25) is 5.91 Å². The molecular formula is C16H21NO. The number of benzene rings is 1. The average Bonchev–Trinajstić information content (AvgIpc) is 2.40. The van der Waals surface area contributed by atoms with E-state index in [1.165, 1.54) is 5.56 Å². The van der Waals surface area contributed by atoms with E-state index in [1.54, 1.807) is 6.08 Å². The number of carbonyl (C=O) groups excluding carboxylic acids is 1. The maximum absolute atomic E-state index is 11.2. The predicted molar refractivity (Wildman–Crippen MR) is 79.7 cm³/mol. The Labute approximate surface area is 110 Å². The van der Waals surface area contributed by atoms with Crippen molar-refractivity contribution < 1.29 is 6.22 Å². The van der Waals surface area contributed by atoms with Crippen LogP contribution >= 0.6 is 0 Å². The van der Waals surface area contributed by atoms with E-state index in [-0.39, 0.29) is 7.33 Å². The molecule has 1 N–H and O–H groups in total. The Morgan fingerprint density at radius 1 is 1.33 bits per heavy atom. The first-order valence-corrected chi connectivity index (χ1v) is 6.02. The highest BCUT2D eigenvalue weighted by atomic mass is 16.1. The van der Waals surface area contributed by atoms with Crippen molar-refractivity contribution in [2.75, 3.05) is 5.32 Å². The molecule has 0 aliphatic rings.